The van der Waals surface area contributed by atoms with Crippen LogP contribution in [0.1, 0.15) is 5.56 Å². The second-order valence-corrected chi connectivity index (χ2v) is 5.89. The molecule has 9 nitrogen and oxygen atoms in total. The van der Waals surface area contributed by atoms with Crippen molar-refractivity contribution in [3.63, 3.8) is 0 Å². The van der Waals surface area contributed by atoms with Crippen molar-refractivity contribution in [2.75, 3.05) is 20.2 Å². The highest BCUT2D eigenvalue weighted by Gasteiger charge is 2.09. The summed E-state index contributed by atoms with van der Waals surface area (Å²) < 4.78 is 8.00. The van der Waals surface area contributed by atoms with E-state index in [2.05, 4.69) is 20.1 Å². The average molecular weight is 360 g/mol. The van der Waals surface area contributed by atoms with E-state index in [1.807, 2.05) is 30.3 Å². The van der Waals surface area contributed by atoms with E-state index >= 15 is 0 Å². The Balaban J connectivity index is 1.90. The number of hydrogen-bond acceptors (Lipinski definition) is 9. The highest BCUT2D eigenvalue weighted by Crippen LogP contribution is 2.15. The van der Waals surface area contributed by atoms with Gasteiger partial charge in [0.1, 0.15) is 0 Å². The number of methoxy groups -OCH3 is 1. The SMILES string of the molecule is COC1C=NC(CN(N)/N=C(\N)c2ccc(SNCC#N)cc2)=CN1. The van der Waals surface area contributed by atoms with Gasteiger partial charge in [0.05, 0.1) is 31.1 Å². The normalized spacial score (nSPS) is 16.8. The van der Waals surface area contributed by atoms with E-state index in [-0.39, 0.29) is 12.8 Å². The van der Waals surface area contributed by atoms with Gasteiger partial charge in [-0.05, 0) is 24.1 Å². The fourth-order valence-electron chi connectivity index (χ4n) is 1.88. The number of hydrogen-bond donors (Lipinski definition) is 4. The lowest BCUT2D eigenvalue weighted by atomic mass is 10.2. The van der Waals surface area contributed by atoms with E-state index < -0.39 is 0 Å². The van der Waals surface area contributed by atoms with Crippen molar-refractivity contribution in [3.05, 3.63) is 41.7 Å². The summed E-state index contributed by atoms with van der Waals surface area (Å²) in [6, 6.07) is 9.46. The van der Waals surface area contributed by atoms with Gasteiger partial charge in [-0.2, -0.15) is 5.26 Å². The number of nitriles is 1. The molecule has 0 aromatic heterocycles. The maximum atomic E-state index is 8.49. The number of nitrogens with two attached hydrogens (primary N) is 2. The predicted molar refractivity (Wildman–Crippen MR) is 98.0 cm³/mol. The summed E-state index contributed by atoms with van der Waals surface area (Å²) in [5.41, 5.74) is 7.45. The zero-order valence-corrected chi connectivity index (χ0v) is 14.5. The van der Waals surface area contributed by atoms with Gasteiger partial charge in [-0.15, -0.1) is 5.10 Å². The van der Waals surface area contributed by atoms with Crippen molar-refractivity contribution in [1.82, 2.24) is 15.2 Å². The van der Waals surface area contributed by atoms with Crippen LogP contribution in [0.4, 0.5) is 0 Å². The monoisotopic (exact) mass is 360 g/mol. The predicted octanol–water partition coefficient (Wildman–Crippen LogP) is 0.0908. The van der Waals surface area contributed by atoms with Crippen LogP contribution in [-0.4, -0.2) is 43.6 Å². The third-order valence-electron chi connectivity index (χ3n) is 3.10. The highest BCUT2D eigenvalue weighted by atomic mass is 32.2. The Morgan fingerprint density at radius 2 is 2.28 bits per heavy atom. The summed E-state index contributed by atoms with van der Waals surface area (Å²) in [5.74, 6) is 6.17. The Morgan fingerprint density at radius 3 is 2.88 bits per heavy atom. The Kier molecular flexibility index (Phi) is 7.24. The minimum Gasteiger partial charge on any atom is -0.382 e. The van der Waals surface area contributed by atoms with Crippen molar-refractivity contribution < 1.29 is 4.74 Å². The molecule has 1 unspecified atom stereocenters. The molecule has 1 aromatic carbocycles. The first-order chi connectivity index (χ1) is 12.1. The van der Waals surface area contributed by atoms with Crippen LogP contribution in [0.25, 0.3) is 0 Å². The molecular weight excluding hydrogens is 340 g/mol. The number of aliphatic imine (C=N–C) groups is 1. The van der Waals surface area contributed by atoms with E-state index in [1.165, 1.54) is 17.1 Å². The number of amidine groups is 1. The van der Waals surface area contributed by atoms with E-state index in [1.54, 1.807) is 19.5 Å². The molecule has 2 rings (SSSR count). The molecule has 0 amide bonds. The van der Waals surface area contributed by atoms with Crippen molar-refractivity contribution in [2.24, 2.45) is 21.7 Å². The minimum atomic E-state index is -0.234. The summed E-state index contributed by atoms with van der Waals surface area (Å²) in [5, 5.41) is 16.9. The summed E-state index contributed by atoms with van der Waals surface area (Å²) in [7, 11) is 1.59. The number of hydrazine groups is 1. The second-order valence-electron chi connectivity index (χ2n) is 4.93. The van der Waals surface area contributed by atoms with Gasteiger partial charge in [0.25, 0.3) is 0 Å². The first-order valence-corrected chi connectivity index (χ1v) is 8.19. The number of hydrazone groups is 1. The van der Waals surface area contributed by atoms with Gasteiger partial charge in [0.15, 0.2) is 12.1 Å². The average Bonchev–Trinajstić information content (AvgIpc) is 2.63. The van der Waals surface area contributed by atoms with E-state index in [9.17, 15) is 0 Å². The molecule has 1 heterocycles. The zero-order valence-electron chi connectivity index (χ0n) is 13.7. The van der Waals surface area contributed by atoms with Crippen LogP contribution < -0.4 is 21.6 Å². The first-order valence-electron chi connectivity index (χ1n) is 7.38. The van der Waals surface area contributed by atoms with Gasteiger partial charge >= 0.3 is 0 Å². The van der Waals surface area contributed by atoms with Gasteiger partial charge in [-0.1, -0.05) is 12.1 Å². The molecular formula is C15H20N8OS. The zero-order chi connectivity index (χ0) is 18.1. The summed E-state index contributed by atoms with van der Waals surface area (Å²) >= 11 is 1.38. The first kappa shape index (κ1) is 18.8. The molecule has 0 radical (unpaired) electrons. The molecule has 0 fully saturated rings. The number of nitrogens with one attached hydrogen (secondary N) is 2. The largest absolute Gasteiger partial charge is 0.382 e. The van der Waals surface area contributed by atoms with Crippen LogP contribution in [0.2, 0.25) is 0 Å². The molecule has 132 valence electrons. The van der Waals surface area contributed by atoms with Crippen LogP contribution in [0.3, 0.4) is 0 Å². The number of rotatable bonds is 8. The molecule has 1 aromatic rings. The van der Waals surface area contributed by atoms with Gasteiger partial charge < -0.3 is 15.8 Å². The lowest BCUT2D eigenvalue weighted by Crippen LogP contribution is -2.35. The van der Waals surface area contributed by atoms with Crippen LogP contribution in [0.15, 0.2) is 51.2 Å². The van der Waals surface area contributed by atoms with Crippen LogP contribution >= 0.6 is 11.9 Å². The molecule has 25 heavy (non-hydrogen) atoms. The summed E-state index contributed by atoms with van der Waals surface area (Å²) in [6.45, 7) is 0.573. The molecule has 6 N–H and O–H groups in total. The third kappa shape index (κ3) is 6.09. The summed E-state index contributed by atoms with van der Waals surface area (Å²) in [4.78, 5) is 5.20. The van der Waals surface area contributed by atoms with Crippen molar-refractivity contribution in [2.45, 2.75) is 11.1 Å². The quantitative estimate of drug-likeness (QED) is 0.0973. The molecule has 10 heteroatoms. The molecule has 0 spiro atoms. The van der Waals surface area contributed by atoms with Gasteiger partial charge in [0, 0.05) is 23.8 Å². The van der Waals surface area contributed by atoms with Gasteiger partial charge in [0.2, 0.25) is 0 Å². The number of nitrogens with zero attached hydrogens (tertiary/aromatic N) is 4. The molecule has 0 saturated heterocycles. The standard InChI is InChI=1S/C15H20N8OS/c1-24-14-9-19-12(8-20-14)10-23(18)22-15(17)11-2-4-13(5-3-11)25-21-7-6-16/h2-5,8-9,14,20-21H,7,10,18H2,1H3,(H2,17,22). The fraction of sp³-hybridized carbons (Fsp3) is 0.267. The van der Waals surface area contributed by atoms with E-state index in [4.69, 9.17) is 21.6 Å². The lowest BCUT2D eigenvalue weighted by Gasteiger charge is -2.19. The fourth-order valence-corrected chi connectivity index (χ4v) is 2.46. The van der Waals surface area contributed by atoms with Crippen molar-refractivity contribution >= 4 is 24.0 Å². The van der Waals surface area contributed by atoms with Crippen LogP contribution in [-0.2, 0) is 4.74 Å². The van der Waals surface area contributed by atoms with Crippen LogP contribution in [0, 0.1) is 11.3 Å². The van der Waals surface area contributed by atoms with Crippen molar-refractivity contribution in [3.8, 4) is 6.07 Å². The minimum absolute atomic E-state index is 0.234. The van der Waals surface area contributed by atoms with Gasteiger partial charge in [-0.3, -0.25) is 4.99 Å². The number of ether oxygens (including phenoxy) is 1. The molecule has 1 aliphatic heterocycles. The highest BCUT2D eigenvalue weighted by molar-refractivity contribution is 7.97. The van der Waals surface area contributed by atoms with E-state index in [0.717, 1.165) is 10.5 Å². The molecule has 1 atom stereocenters. The third-order valence-corrected chi connectivity index (χ3v) is 3.89. The smallest absolute Gasteiger partial charge is 0.163 e. The molecule has 1 aliphatic rings. The molecule has 0 saturated carbocycles. The molecule has 0 bridgehead atoms. The Hall–Kier alpha value is -2.58. The molecule has 0 aliphatic carbocycles. The number of benzene rings is 1. The van der Waals surface area contributed by atoms with Crippen LogP contribution in [0.5, 0.6) is 0 Å². The van der Waals surface area contributed by atoms with E-state index in [0.29, 0.717) is 18.1 Å². The maximum Gasteiger partial charge on any atom is 0.163 e. The Bertz CT molecular complexity index is 694. The summed E-state index contributed by atoms with van der Waals surface area (Å²) in [6.07, 6.45) is 3.13. The lowest BCUT2D eigenvalue weighted by molar-refractivity contribution is 0.141. The van der Waals surface area contributed by atoms with Crippen molar-refractivity contribution in [1.29, 1.82) is 5.26 Å². The Labute approximate surface area is 150 Å². The second kappa shape index (κ2) is 9.65. The topological polar surface area (TPSA) is 137 Å². The Morgan fingerprint density at radius 1 is 1.52 bits per heavy atom. The van der Waals surface area contributed by atoms with Gasteiger partial charge in [-0.25, -0.2) is 15.7 Å². The maximum absolute atomic E-state index is 8.49.